The second kappa shape index (κ2) is 7.25. The number of piperazine rings is 1. The second-order valence-electron chi connectivity index (χ2n) is 6.17. The molecule has 1 aliphatic rings. The molecule has 3 aromatic rings. The monoisotopic (exact) mass is 367 g/mol. The zero-order chi connectivity index (χ0) is 17.9. The van der Waals surface area contributed by atoms with Crippen LogP contribution in [-0.4, -0.2) is 42.0 Å². The molecule has 4 nitrogen and oxygen atoms in total. The van der Waals surface area contributed by atoms with Crippen LogP contribution in [0.2, 0.25) is 0 Å². The highest BCUT2D eigenvalue weighted by atomic mass is 32.1. The average molecular weight is 367 g/mol. The first-order chi connectivity index (χ1) is 12.7. The first-order valence-corrected chi connectivity index (χ1v) is 9.39. The van der Waals surface area contributed by atoms with E-state index in [1.807, 2.05) is 18.2 Å². The lowest BCUT2D eigenvalue weighted by Crippen LogP contribution is -2.48. The maximum absolute atomic E-state index is 13.3. The Labute approximate surface area is 155 Å². The number of amides is 1. The van der Waals surface area contributed by atoms with Gasteiger partial charge in [0.1, 0.15) is 5.82 Å². The number of anilines is 1. The summed E-state index contributed by atoms with van der Waals surface area (Å²) in [5.41, 5.74) is 2.48. The molecule has 0 aliphatic carbocycles. The van der Waals surface area contributed by atoms with Crippen molar-refractivity contribution in [3.05, 3.63) is 71.4 Å². The molecule has 132 valence electrons. The molecule has 2 heterocycles. The molecule has 0 radical (unpaired) electrons. The first-order valence-electron chi connectivity index (χ1n) is 8.51. The van der Waals surface area contributed by atoms with Gasteiger partial charge in [-0.2, -0.15) is 0 Å². The molecule has 1 aromatic heterocycles. The van der Waals surface area contributed by atoms with E-state index >= 15 is 0 Å². The number of aromatic nitrogens is 1. The standard InChI is InChI=1S/C20H18FN3OS/c21-17-8-4-7-16(13-17)19(25)23-9-11-24(12-10-23)20-22-18(14-26-20)15-5-2-1-3-6-15/h1-8,13-14H,9-12H2. The lowest BCUT2D eigenvalue weighted by Gasteiger charge is -2.34. The number of benzene rings is 2. The van der Waals surface area contributed by atoms with E-state index in [2.05, 4.69) is 22.4 Å². The molecular formula is C20H18FN3OS. The summed E-state index contributed by atoms with van der Waals surface area (Å²) in [4.78, 5) is 21.2. The fourth-order valence-electron chi connectivity index (χ4n) is 3.06. The van der Waals surface area contributed by atoms with E-state index in [0.29, 0.717) is 18.7 Å². The summed E-state index contributed by atoms with van der Waals surface area (Å²) in [7, 11) is 0. The van der Waals surface area contributed by atoms with Crippen LogP contribution in [0.4, 0.5) is 9.52 Å². The van der Waals surface area contributed by atoms with E-state index in [-0.39, 0.29) is 11.7 Å². The van der Waals surface area contributed by atoms with E-state index in [9.17, 15) is 9.18 Å². The minimum Gasteiger partial charge on any atom is -0.345 e. The molecule has 0 atom stereocenters. The smallest absolute Gasteiger partial charge is 0.254 e. The Hall–Kier alpha value is -2.73. The van der Waals surface area contributed by atoms with Crippen LogP contribution in [0.1, 0.15) is 10.4 Å². The lowest BCUT2D eigenvalue weighted by molar-refractivity contribution is 0.0746. The van der Waals surface area contributed by atoms with Crippen LogP contribution in [0.15, 0.2) is 60.0 Å². The predicted molar refractivity (Wildman–Crippen MR) is 102 cm³/mol. The van der Waals surface area contributed by atoms with Gasteiger partial charge in [0, 0.05) is 42.7 Å². The zero-order valence-electron chi connectivity index (χ0n) is 14.1. The molecule has 26 heavy (non-hydrogen) atoms. The summed E-state index contributed by atoms with van der Waals surface area (Å²) in [5, 5.41) is 3.04. The Morgan fingerprint density at radius 3 is 2.50 bits per heavy atom. The van der Waals surface area contributed by atoms with E-state index in [1.165, 1.54) is 12.1 Å². The number of hydrogen-bond donors (Lipinski definition) is 0. The predicted octanol–water partition coefficient (Wildman–Crippen LogP) is 3.91. The molecule has 4 rings (SSSR count). The van der Waals surface area contributed by atoms with Crippen molar-refractivity contribution in [2.24, 2.45) is 0 Å². The summed E-state index contributed by atoms with van der Waals surface area (Å²) < 4.78 is 13.3. The largest absolute Gasteiger partial charge is 0.345 e. The summed E-state index contributed by atoms with van der Waals surface area (Å²) >= 11 is 1.62. The number of thiazole rings is 1. The SMILES string of the molecule is O=C(c1cccc(F)c1)N1CCN(c2nc(-c3ccccc3)cs2)CC1. The van der Waals surface area contributed by atoms with Crippen molar-refractivity contribution < 1.29 is 9.18 Å². The molecule has 0 bridgehead atoms. The average Bonchev–Trinajstić information content (AvgIpc) is 3.18. The van der Waals surface area contributed by atoms with Gasteiger partial charge < -0.3 is 9.80 Å². The highest BCUT2D eigenvalue weighted by molar-refractivity contribution is 7.14. The van der Waals surface area contributed by atoms with Gasteiger partial charge in [0.15, 0.2) is 5.13 Å². The third kappa shape index (κ3) is 3.46. The van der Waals surface area contributed by atoms with Crippen LogP contribution in [0, 0.1) is 5.82 Å². The lowest BCUT2D eigenvalue weighted by atomic mass is 10.2. The number of halogens is 1. The van der Waals surface area contributed by atoms with Crippen molar-refractivity contribution >= 4 is 22.4 Å². The number of carbonyl (C=O) groups excluding carboxylic acids is 1. The van der Waals surface area contributed by atoms with Gasteiger partial charge in [0.05, 0.1) is 5.69 Å². The van der Waals surface area contributed by atoms with Crippen LogP contribution in [0.3, 0.4) is 0 Å². The van der Waals surface area contributed by atoms with Gasteiger partial charge in [-0.25, -0.2) is 9.37 Å². The molecular weight excluding hydrogens is 349 g/mol. The Morgan fingerprint density at radius 2 is 1.77 bits per heavy atom. The minimum absolute atomic E-state index is 0.117. The molecule has 6 heteroatoms. The van der Waals surface area contributed by atoms with Gasteiger partial charge in [-0.3, -0.25) is 4.79 Å². The first kappa shape index (κ1) is 16.7. The molecule has 2 aromatic carbocycles. The van der Waals surface area contributed by atoms with Gasteiger partial charge in [-0.1, -0.05) is 36.4 Å². The molecule has 0 spiro atoms. The van der Waals surface area contributed by atoms with Crippen LogP contribution < -0.4 is 4.90 Å². The van der Waals surface area contributed by atoms with Crippen molar-refractivity contribution in [3.63, 3.8) is 0 Å². The summed E-state index contributed by atoms with van der Waals surface area (Å²) in [6.45, 7) is 2.66. The van der Waals surface area contributed by atoms with Gasteiger partial charge >= 0.3 is 0 Å². The van der Waals surface area contributed by atoms with Gasteiger partial charge in [0.2, 0.25) is 0 Å². The van der Waals surface area contributed by atoms with E-state index in [1.54, 1.807) is 28.4 Å². The third-order valence-electron chi connectivity index (χ3n) is 4.47. The number of rotatable bonds is 3. The maximum atomic E-state index is 13.3. The Bertz CT molecular complexity index is 904. The van der Waals surface area contributed by atoms with E-state index < -0.39 is 0 Å². The fourth-order valence-corrected chi connectivity index (χ4v) is 3.94. The Morgan fingerprint density at radius 1 is 1.00 bits per heavy atom. The third-order valence-corrected chi connectivity index (χ3v) is 5.37. The molecule has 1 fully saturated rings. The number of nitrogens with zero attached hydrogens (tertiary/aromatic N) is 3. The van der Waals surface area contributed by atoms with Crippen LogP contribution >= 0.6 is 11.3 Å². The molecule has 1 amide bonds. The Balaban J connectivity index is 1.41. The maximum Gasteiger partial charge on any atom is 0.254 e. The Kier molecular flexibility index (Phi) is 4.67. The van der Waals surface area contributed by atoms with Crippen molar-refractivity contribution in [2.75, 3.05) is 31.1 Å². The van der Waals surface area contributed by atoms with Crippen LogP contribution in [-0.2, 0) is 0 Å². The van der Waals surface area contributed by atoms with E-state index in [0.717, 1.165) is 29.5 Å². The molecule has 1 aliphatic heterocycles. The highest BCUT2D eigenvalue weighted by Crippen LogP contribution is 2.28. The van der Waals surface area contributed by atoms with Crippen molar-refractivity contribution in [1.29, 1.82) is 0 Å². The van der Waals surface area contributed by atoms with Crippen LogP contribution in [0.5, 0.6) is 0 Å². The normalized spacial score (nSPS) is 14.5. The fraction of sp³-hybridized carbons (Fsp3) is 0.200. The summed E-state index contributed by atoms with van der Waals surface area (Å²) in [5.74, 6) is -0.501. The van der Waals surface area contributed by atoms with Crippen molar-refractivity contribution in [1.82, 2.24) is 9.88 Å². The van der Waals surface area contributed by atoms with E-state index in [4.69, 9.17) is 4.98 Å². The molecule has 1 saturated heterocycles. The summed E-state index contributed by atoms with van der Waals surface area (Å²) in [6.07, 6.45) is 0. The van der Waals surface area contributed by atoms with Crippen molar-refractivity contribution in [2.45, 2.75) is 0 Å². The number of carbonyl (C=O) groups is 1. The van der Waals surface area contributed by atoms with Crippen LogP contribution in [0.25, 0.3) is 11.3 Å². The summed E-state index contributed by atoms with van der Waals surface area (Å²) in [6, 6.07) is 16.0. The minimum atomic E-state index is -0.384. The molecule has 0 saturated carbocycles. The quantitative estimate of drug-likeness (QED) is 0.704. The molecule has 0 N–H and O–H groups in total. The zero-order valence-corrected chi connectivity index (χ0v) is 15.0. The topological polar surface area (TPSA) is 36.4 Å². The van der Waals surface area contributed by atoms with Gasteiger partial charge in [-0.05, 0) is 18.2 Å². The highest BCUT2D eigenvalue weighted by Gasteiger charge is 2.24. The van der Waals surface area contributed by atoms with Crippen molar-refractivity contribution in [3.8, 4) is 11.3 Å². The van der Waals surface area contributed by atoms with Gasteiger partial charge in [-0.15, -0.1) is 11.3 Å². The van der Waals surface area contributed by atoms with Gasteiger partial charge in [0.25, 0.3) is 5.91 Å². The molecule has 0 unspecified atom stereocenters. The second-order valence-corrected chi connectivity index (χ2v) is 7.01. The number of hydrogen-bond acceptors (Lipinski definition) is 4.